The maximum Gasteiger partial charge on any atom is 0.278 e. The third-order valence-corrected chi connectivity index (χ3v) is 6.84. The fourth-order valence-electron chi connectivity index (χ4n) is 3.50. The Balaban J connectivity index is 1.54. The second-order valence-electron chi connectivity index (χ2n) is 8.54. The SMILES string of the molecule is CC(C)CN1C(=O)C(Nc2ccc(Br)cc2)=C(Sc2ccc(NC(=O)c3ccc(F)cc3)cc2)C1=O. The summed E-state index contributed by atoms with van der Waals surface area (Å²) in [6.07, 6.45) is 0. The summed E-state index contributed by atoms with van der Waals surface area (Å²) in [4.78, 5) is 41.0. The molecule has 0 radical (unpaired) electrons. The first-order valence-corrected chi connectivity index (χ1v) is 12.8. The number of halogens is 2. The summed E-state index contributed by atoms with van der Waals surface area (Å²) in [6.45, 7) is 4.22. The molecule has 0 saturated heterocycles. The highest BCUT2D eigenvalue weighted by Gasteiger charge is 2.39. The summed E-state index contributed by atoms with van der Waals surface area (Å²) in [7, 11) is 0. The minimum atomic E-state index is -0.414. The highest BCUT2D eigenvalue weighted by molar-refractivity contribution is 9.10. The third-order valence-electron chi connectivity index (χ3n) is 5.23. The molecular weight excluding hydrogens is 545 g/mol. The maximum atomic E-state index is 13.2. The molecule has 0 aliphatic carbocycles. The first-order valence-electron chi connectivity index (χ1n) is 11.2. The molecule has 0 fully saturated rings. The Labute approximate surface area is 221 Å². The van der Waals surface area contributed by atoms with Gasteiger partial charge < -0.3 is 10.6 Å². The number of anilines is 2. The molecule has 2 N–H and O–H groups in total. The van der Waals surface area contributed by atoms with Crippen LogP contribution in [0.2, 0.25) is 0 Å². The lowest BCUT2D eigenvalue weighted by molar-refractivity contribution is -0.137. The van der Waals surface area contributed by atoms with Gasteiger partial charge in [0.25, 0.3) is 17.7 Å². The highest BCUT2D eigenvalue weighted by Crippen LogP contribution is 2.36. The average molecular weight is 568 g/mol. The lowest BCUT2D eigenvalue weighted by atomic mass is 10.2. The van der Waals surface area contributed by atoms with Crippen molar-refractivity contribution in [2.45, 2.75) is 18.7 Å². The van der Waals surface area contributed by atoms with Gasteiger partial charge in [-0.1, -0.05) is 41.5 Å². The zero-order valence-corrected chi connectivity index (χ0v) is 22.0. The number of imide groups is 1. The van der Waals surface area contributed by atoms with Crippen LogP contribution in [0.1, 0.15) is 24.2 Å². The number of hydrogen-bond donors (Lipinski definition) is 2. The Morgan fingerprint density at radius 1 is 0.917 bits per heavy atom. The summed E-state index contributed by atoms with van der Waals surface area (Å²) in [6, 6.07) is 19.6. The molecule has 3 aromatic carbocycles. The van der Waals surface area contributed by atoms with Crippen molar-refractivity contribution in [2.24, 2.45) is 5.92 Å². The van der Waals surface area contributed by atoms with Crippen molar-refractivity contribution in [3.8, 4) is 0 Å². The van der Waals surface area contributed by atoms with Crippen LogP contribution in [0.15, 0.2) is 92.8 Å². The zero-order chi connectivity index (χ0) is 25.8. The van der Waals surface area contributed by atoms with Crippen LogP contribution in [0.5, 0.6) is 0 Å². The minimum Gasteiger partial charge on any atom is -0.350 e. The van der Waals surface area contributed by atoms with Crippen molar-refractivity contribution in [3.05, 3.63) is 99.3 Å². The molecule has 3 aromatic rings. The Morgan fingerprint density at radius 3 is 2.14 bits per heavy atom. The standard InChI is InChI=1S/C27H23BrFN3O3S/c1-16(2)15-32-26(34)23(30-20-9-5-18(28)6-10-20)24(27(32)35)36-22-13-11-21(12-14-22)31-25(33)17-3-7-19(29)8-4-17/h3-14,16,30H,15H2,1-2H3,(H,31,33). The summed E-state index contributed by atoms with van der Waals surface area (Å²) in [5, 5.41) is 5.88. The van der Waals surface area contributed by atoms with Gasteiger partial charge in [-0.15, -0.1) is 0 Å². The van der Waals surface area contributed by atoms with Crippen molar-refractivity contribution in [1.82, 2.24) is 4.90 Å². The molecule has 0 unspecified atom stereocenters. The highest BCUT2D eigenvalue weighted by atomic mass is 79.9. The largest absolute Gasteiger partial charge is 0.350 e. The van der Waals surface area contributed by atoms with Crippen LogP contribution in [-0.4, -0.2) is 29.2 Å². The van der Waals surface area contributed by atoms with Crippen LogP contribution in [0.4, 0.5) is 15.8 Å². The van der Waals surface area contributed by atoms with Crippen LogP contribution >= 0.6 is 27.7 Å². The van der Waals surface area contributed by atoms with E-state index in [9.17, 15) is 18.8 Å². The van der Waals surface area contributed by atoms with E-state index >= 15 is 0 Å². The van der Waals surface area contributed by atoms with Crippen LogP contribution in [0, 0.1) is 11.7 Å². The Kier molecular flexibility index (Phi) is 7.91. The molecular formula is C27H23BrFN3O3S. The van der Waals surface area contributed by atoms with Gasteiger partial charge in [0.2, 0.25) is 0 Å². The molecule has 36 heavy (non-hydrogen) atoms. The van der Waals surface area contributed by atoms with Crippen LogP contribution in [0.3, 0.4) is 0 Å². The first kappa shape index (κ1) is 25.7. The smallest absolute Gasteiger partial charge is 0.278 e. The third kappa shape index (κ3) is 6.03. The van der Waals surface area contributed by atoms with Gasteiger partial charge in [-0.2, -0.15) is 0 Å². The van der Waals surface area contributed by atoms with Crippen molar-refractivity contribution in [3.63, 3.8) is 0 Å². The van der Waals surface area contributed by atoms with E-state index in [1.807, 2.05) is 38.1 Å². The number of nitrogens with zero attached hydrogens (tertiary/aromatic N) is 1. The molecule has 1 aliphatic rings. The molecule has 1 aliphatic heterocycles. The molecule has 9 heteroatoms. The number of amides is 3. The van der Waals surface area contributed by atoms with Crippen molar-refractivity contribution < 1.29 is 18.8 Å². The van der Waals surface area contributed by atoms with E-state index in [-0.39, 0.29) is 29.3 Å². The van der Waals surface area contributed by atoms with Crippen LogP contribution < -0.4 is 10.6 Å². The van der Waals surface area contributed by atoms with Crippen LogP contribution in [-0.2, 0) is 9.59 Å². The first-order chi connectivity index (χ1) is 17.2. The molecule has 0 bridgehead atoms. The van der Waals surface area contributed by atoms with E-state index < -0.39 is 5.82 Å². The number of hydrogen-bond acceptors (Lipinski definition) is 5. The van der Waals surface area contributed by atoms with E-state index in [1.165, 1.54) is 40.9 Å². The fourth-order valence-corrected chi connectivity index (χ4v) is 4.71. The van der Waals surface area contributed by atoms with E-state index in [2.05, 4.69) is 26.6 Å². The summed E-state index contributed by atoms with van der Waals surface area (Å²) in [5.41, 5.74) is 1.81. The van der Waals surface area contributed by atoms with Gasteiger partial charge in [-0.3, -0.25) is 19.3 Å². The maximum absolute atomic E-state index is 13.2. The van der Waals surface area contributed by atoms with E-state index in [0.29, 0.717) is 28.4 Å². The Morgan fingerprint density at radius 2 is 1.53 bits per heavy atom. The van der Waals surface area contributed by atoms with Gasteiger partial charge in [0.05, 0.1) is 0 Å². The quantitative estimate of drug-likeness (QED) is 0.313. The number of rotatable bonds is 8. The minimum absolute atomic E-state index is 0.125. The van der Waals surface area contributed by atoms with E-state index in [0.717, 1.165) is 9.37 Å². The lowest BCUT2D eigenvalue weighted by Gasteiger charge is -2.17. The van der Waals surface area contributed by atoms with Crippen LogP contribution in [0.25, 0.3) is 0 Å². The van der Waals surface area contributed by atoms with Gasteiger partial charge in [0, 0.05) is 32.9 Å². The van der Waals surface area contributed by atoms with Gasteiger partial charge >= 0.3 is 0 Å². The Hall–Kier alpha value is -3.43. The summed E-state index contributed by atoms with van der Waals surface area (Å²) in [5.74, 6) is -1.35. The lowest BCUT2D eigenvalue weighted by Crippen LogP contribution is -2.35. The number of benzene rings is 3. The van der Waals surface area contributed by atoms with E-state index in [4.69, 9.17) is 0 Å². The summed E-state index contributed by atoms with van der Waals surface area (Å²) >= 11 is 4.59. The van der Waals surface area contributed by atoms with Gasteiger partial charge in [-0.05, 0) is 78.7 Å². The number of carbonyl (C=O) groups is 3. The molecule has 4 rings (SSSR count). The second-order valence-corrected chi connectivity index (χ2v) is 10.5. The van der Waals surface area contributed by atoms with Crippen molar-refractivity contribution in [1.29, 1.82) is 0 Å². The monoisotopic (exact) mass is 567 g/mol. The van der Waals surface area contributed by atoms with Gasteiger partial charge in [0.1, 0.15) is 16.4 Å². The van der Waals surface area contributed by atoms with Gasteiger partial charge in [-0.25, -0.2) is 4.39 Å². The predicted molar refractivity (Wildman–Crippen MR) is 143 cm³/mol. The van der Waals surface area contributed by atoms with E-state index in [1.54, 1.807) is 24.3 Å². The van der Waals surface area contributed by atoms with Gasteiger partial charge in [0.15, 0.2) is 0 Å². The Bertz CT molecular complexity index is 1320. The van der Waals surface area contributed by atoms with Crippen molar-refractivity contribution in [2.75, 3.05) is 17.2 Å². The molecule has 0 aromatic heterocycles. The molecule has 184 valence electrons. The molecule has 0 spiro atoms. The molecule has 0 saturated carbocycles. The summed E-state index contributed by atoms with van der Waals surface area (Å²) < 4.78 is 14.0. The molecule has 0 atom stereocenters. The predicted octanol–water partition coefficient (Wildman–Crippen LogP) is 6.28. The normalized spacial score (nSPS) is 13.5. The molecule has 3 amide bonds. The number of thioether (sulfide) groups is 1. The van der Waals surface area contributed by atoms with Crippen molar-refractivity contribution >= 4 is 56.8 Å². The molecule has 1 heterocycles. The average Bonchev–Trinajstić information content (AvgIpc) is 3.06. The fraction of sp³-hybridized carbons (Fsp3) is 0.148. The topological polar surface area (TPSA) is 78.5 Å². The number of carbonyl (C=O) groups excluding carboxylic acids is 3. The second kappa shape index (κ2) is 11.1. The number of nitrogens with one attached hydrogen (secondary N) is 2. The molecule has 6 nitrogen and oxygen atoms in total. The zero-order valence-electron chi connectivity index (χ0n) is 19.5.